The molecule has 0 aliphatic rings. The average molecular weight is 545 g/mol. The molecule has 0 spiro atoms. The number of esters is 1. The molecule has 0 aliphatic heterocycles. The maximum Gasteiger partial charge on any atom is 0.343 e. The monoisotopic (exact) mass is 544 g/mol. The maximum atomic E-state index is 12.2. The van der Waals surface area contributed by atoms with Crippen molar-refractivity contribution in [1.29, 1.82) is 0 Å². The van der Waals surface area contributed by atoms with Crippen LogP contribution >= 0.6 is 0 Å². The fraction of sp³-hybridized carbons (Fsp3) is 0.259. The zero-order valence-electron chi connectivity index (χ0n) is 21.0. The molecular weight excluding hydrogens is 516 g/mol. The van der Waals surface area contributed by atoms with E-state index < -0.39 is 48.4 Å². The highest BCUT2D eigenvalue weighted by Gasteiger charge is 2.35. The largest absolute Gasteiger partial charge is 0.504 e. The molecule has 0 saturated heterocycles. The van der Waals surface area contributed by atoms with E-state index in [1.165, 1.54) is 68.9 Å². The number of benzene rings is 2. The van der Waals surface area contributed by atoms with Gasteiger partial charge in [0.15, 0.2) is 47.0 Å². The molecule has 0 saturated carbocycles. The van der Waals surface area contributed by atoms with Crippen LogP contribution in [0.4, 0.5) is 0 Å². The first-order valence-electron chi connectivity index (χ1n) is 11.4. The molecule has 208 valence electrons. The normalized spacial score (nSPS) is 14.4. The lowest BCUT2D eigenvalue weighted by Gasteiger charge is -2.23. The first-order chi connectivity index (χ1) is 18.5. The maximum absolute atomic E-state index is 12.2. The van der Waals surface area contributed by atoms with Crippen molar-refractivity contribution in [2.75, 3.05) is 14.2 Å². The Balaban J connectivity index is 2.00. The summed E-state index contributed by atoms with van der Waals surface area (Å²) in [7, 11) is 2.65. The number of carbonyl (C=O) groups is 4. The summed E-state index contributed by atoms with van der Waals surface area (Å²) in [5.74, 6) is -2.31. The predicted molar refractivity (Wildman–Crippen MR) is 136 cm³/mol. The number of aliphatic hydroxyl groups is 4. The molecule has 5 N–H and O–H groups in total. The van der Waals surface area contributed by atoms with Crippen molar-refractivity contribution in [3.63, 3.8) is 0 Å². The molecule has 0 fully saturated rings. The van der Waals surface area contributed by atoms with E-state index in [0.29, 0.717) is 11.1 Å². The third-order valence-electron chi connectivity index (χ3n) is 5.28. The Bertz CT molecular complexity index is 1250. The summed E-state index contributed by atoms with van der Waals surface area (Å²) in [6.45, 7) is 0. The van der Waals surface area contributed by atoms with Gasteiger partial charge in [-0.2, -0.15) is 0 Å². The van der Waals surface area contributed by atoms with E-state index in [0.717, 1.165) is 0 Å². The topological polar surface area (TPSA) is 197 Å². The van der Waals surface area contributed by atoms with Gasteiger partial charge in [0.25, 0.3) is 0 Å². The number of ether oxygens (including phenoxy) is 3. The summed E-state index contributed by atoms with van der Waals surface area (Å²) >= 11 is 0. The van der Waals surface area contributed by atoms with Gasteiger partial charge in [0.1, 0.15) is 18.3 Å². The van der Waals surface area contributed by atoms with Crippen LogP contribution in [0.3, 0.4) is 0 Å². The van der Waals surface area contributed by atoms with E-state index in [2.05, 4.69) is 0 Å². The van der Waals surface area contributed by atoms with Gasteiger partial charge in [-0.25, -0.2) is 4.79 Å². The summed E-state index contributed by atoms with van der Waals surface area (Å²) in [6, 6.07) is 8.61. The third-order valence-corrected chi connectivity index (χ3v) is 5.28. The first-order valence-corrected chi connectivity index (χ1v) is 11.4. The first kappa shape index (κ1) is 30.9. The van der Waals surface area contributed by atoms with Crippen LogP contribution < -0.4 is 14.2 Å². The zero-order valence-corrected chi connectivity index (χ0v) is 21.0. The number of hydrogen-bond acceptors (Lipinski definition) is 12. The number of hydrogen-bond donors (Lipinski definition) is 5. The number of methoxy groups -OCH3 is 2. The highest BCUT2D eigenvalue weighted by molar-refractivity contribution is 6.10. The highest BCUT2D eigenvalue weighted by Crippen LogP contribution is 2.29. The molecule has 0 radical (unpaired) electrons. The van der Waals surface area contributed by atoms with E-state index in [1.807, 2.05) is 0 Å². The SMILES string of the molecule is COc1cc(/C=C/C(=O)CC(=O)/C=C/c2ccc(OC(=O)[C@@H](O)[C@@H](O)[C@H](O)[C@@H](O)C=O)c(OC)c2)ccc1O. The van der Waals surface area contributed by atoms with E-state index in [-0.39, 0.29) is 29.3 Å². The fourth-order valence-corrected chi connectivity index (χ4v) is 3.12. The highest BCUT2D eigenvalue weighted by atomic mass is 16.6. The second-order valence-corrected chi connectivity index (χ2v) is 8.09. The summed E-state index contributed by atoms with van der Waals surface area (Å²) in [6.07, 6.45) is -3.85. The number of aromatic hydroxyl groups is 1. The molecule has 0 amide bonds. The number of ketones is 2. The summed E-state index contributed by atoms with van der Waals surface area (Å²) < 4.78 is 15.1. The third kappa shape index (κ3) is 8.86. The van der Waals surface area contributed by atoms with E-state index in [1.54, 1.807) is 6.07 Å². The molecule has 0 unspecified atom stereocenters. The van der Waals surface area contributed by atoms with E-state index in [9.17, 15) is 44.7 Å². The molecule has 0 aromatic heterocycles. The van der Waals surface area contributed by atoms with Crippen molar-refractivity contribution in [3.8, 4) is 23.0 Å². The molecule has 2 aromatic carbocycles. The lowest BCUT2D eigenvalue weighted by atomic mass is 10.0. The van der Waals surface area contributed by atoms with Gasteiger partial charge >= 0.3 is 5.97 Å². The molecule has 2 rings (SSSR count). The van der Waals surface area contributed by atoms with Crippen LogP contribution in [0, 0.1) is 0 Å². The lowest BCUT2D eigenvalue weighted by Crippen LogP contribution is -2.49. The van der Waals surface area contributed by atoms with Crippen molar-refractivity contribution < 1.29 is 58.9 Å². The van der Waals surface area contributed by atoms with Crippen LogP contribution in [0.15, 0.2) is 48.6 Å². The number of phenolic OH excluding ortho intramolecular Hbond substituents is 1. The van der Waals surface area contributed by atoms with Gasteiger partial charge in [-0.05, 0) is 47.5 Å². The van der Waals surface area contributed by atoms with Crippen LogP contribution in [0.5, 0.6) is 23.0 Å². The molecule has 0 aliphatic carbocycles. The van der Waals surface area contributed by atoms with Crippen LogP contribution in [0.1, 0.15) is 17.5 Å². The number of phenols is 1. The van der Waals surface area contributed by atoms with Gasteiger partial charge < -0.3 is 44.5 Å². The van der Waals surface area contributed by atoms with Crippen molar-refractivity contribution >= 4 is 36.0 Å². The summed E-state index contributed by atoms with van der Waals surface area (Å²) in [5.41, 5.74) is 1.02. The smallest absolute Gasteiger partial charge is 0.343 e. The van der Waals surface area contributed by atoms with E-state index in [4.69, 9.17) is 14.2 Å². The fourth-order valence-electron chi connectivity index (χ4n) is 3.12. The standard InChI is InChI=1S/C27H28O12/c1-37-22-11-15(5-9-19(22)31)3-7-17(29)13-18(30)8-4-16-6-10-21(23(12-16)38-2)39-27(36)26(35)25(34)24(33)20(32)14-28/h3-12,14,20,24-26,31-35H,13H2,1-2H3/b7-3+,8-4+/t20-,24+,25-,26-/m0/s1. The van der Waals surface area contributed by atoms with E-state index >= 15 is 0 Å². The Labute approximate surface area is 223 Å². The number of allylic oxidation sites excluding steroid dienone is 2. The quantitative estimate of drug-likeness (QED) is 0.0714. The predicted octanol–water partition coefficient (Wildman–Crippen LogP) is 0.212. The van der Waals surface area contributed by atoms with Crippen molar-refractivity contribution in [2.24, 2.45) is 0 Å². The Morgan fingerprint density at radius 3 is 1.87 bits per heavy atom. The van der Waals surface area contributed by atoms with Gasteiger partial charge in [-0.3, -0.25) is 9.59 Å². The molecule has 0 bridgehead atoms. The molecule has 39 heavy (non-hydrogen) atoms. The molecule has 0 heterocycles. The minimum Gasteiger partial charge on any atom is -0.504 e. The van der Waals surface area contributed by atoms with Crippen molar-refractivity contribution in [1.82, 2.24) is 0 Å². The Kier molecular flexibility index (Phi) is 11.5. The van der Waals surface area contributed by atoms with Crippen LogP contribution in [-0.4, -0.2) is 88.0 Å². The molecule has 4 atom stereocenters. The van der Waals surface area contributed by atoms with Gasteiger partial charge in [-0.15, -0.1) is 0 Å². The molecule has 12 heteroatoms. The van der Waals surface area contributed by atoms with Crippen LogP contribution in [0.2, 0.25) is 0 Å². The summed E-state index contributed by atoms with van der Waals surface area (Å²) in [4.78, 5) is 47.0. The average Bonchev–Trinajstić information content (AvgIpc) is 2.94. The van der Waals surface area contributed by atoms with Crippen LogP contribution in [0.25, 0.3) is 12.2 Å². The number of aliphatic hydroxyl groups excluding tert-OH is 4. The van der Waals surface area contributed by atoms with Gasteiger partial charge in [0.05, 0.1) is 20.6 Å². The Morgan fingerprint density at radius 1 is 0.795 bits per heavy atom. The number of rotatable bonds is 14. The lowest BCUT2D eigenvalue weighted by molar-refractivity contribution is -0.161. The summed E-state index contributed by atoms with van der Waals surface area (Å²) in [5, 5.41) is 48.1. The molecule has 12 nitrogen and oxygen atoms in total. The van der Waals surface area contributed by atoms with Gasteiger partial charge in [0.2, 0.25) is 0 Å². The van der Waals surface area contributed by atoms with Crippen LogP contribution in [-0.2, 0) is 19.2 Å². The number of aldehydes is 1. The number of carbonyl (C=O) groups excluding carboxylic acids is 4. The minimum atomic E-state index is -2.29. The van der Waals surface area contributed by atoms with Crippen molar-refractivity contribution in [3.05, 3.63) is 59.7 Å². The zero-order chi connectivity index (χ0) is 29.1. The van der Waals surface area contributed by atoms with Gasteiger partial charge in [-0.1, -0.05) is 24.3 Å². The second kappa shape index (κ2) is 14.5. The molecule has 2 aromatic rings. The Morgan fingerprint density at radius 2 is 1.33 bits per heavy atom. The molecular formula is C27H28O12. The Hall–Kier alpha value is -4.36. The second-order valence-electron chi connectivity index (χ2n) is 8.09. The van der Waals surface area contributed by atoms with Gasteiger partial charge in [0, 0.05) is 0 Å². The van der Waals surface area contributed by atoms with Crippen molar-refractivity contribution in [2.45, 2.75) is 30.8 Å². The minimum absolute atomic E-state index is 0.0106.